The summed E-state index contributed by atoms with van der Waals surface area (Å²) in [5.41, 5.74) is 0.931. The van der Waals surface area contributed by atoms with E-state index in [1.54, 1.807) is 12.1 Å². The third-order valence-corrected chi connectivity index (χ3v) is 4.18. The van der Waals surface area contributed by atoms with E-state index in [4.69, 9.17) is 0 Å². The highest BCUT2D eigenvalue weighted by Gasteiger charge is 2.37. The lowest BCUT2D eigenvalue weighted by Gasteiger charge is -2.29. The van der Waals surface area contributed by atoms with E-state index < -0.39 is 0 Å². The van der Waals surface area contributed by atoms with Gasteiger partial charge in [0.2, 0.25) is 5.91 Å². The monoisotopic (exact) mass is 278 g/mol. The van der Waals surface area contributed by atoms with E-state index >= 15 is 0 Å². The molecule has 0 radical (unpaired) electrons. The first-order valence-electron chi connectivity index (χ1n) is 7.22. The van der Waals surface area contributed by atoms with Crippen LogP contribution in [0.5, 0.6) is 0 Å². The van der Waals surface area contributed by atoms with E-state index in [0.29, 0.717) is 11.8 Å². The molecule has 1 fully saturated rings. The number of benzene rings is 1. The largest absolute Gasteiger partial charge is 0.321 e. The van der Waals surface area contributed by atoms with Crippen molar-refractivity contribution in [2.24, 2.45) is 11.8 Å². The van der Waals surface area contributed by atoms with Crippen LogP contribution in [0.15, 0.2) is 24.3 Å². The molecule has 0 aliphatic carbocycles. The molecule has 20 heavy (non-hydrogen) atoms. The first-order chi connectivity index (χ1) is 9.40. The minimum absolute atomic E-state index is 0.117. The summed E-state index contributed by atoms with van der Waals surface area (Å²) in [4.78, 5) is 14.2. The topological polar surface area (TPSA) is 32.3 Å². The summed E-state index contributed by atoms with van der Waals surface area (Å²) in [7, 11) is 0. The van der Waals surface area contributed by atoms with Crippen LogP contribution in [0.4, 0.5) is 4.39 Å². The van der Waals surface area contributed by atoms with Gasteiger partial charge in [-0.25, -0.2) is 4.39 Å². The minimum atomic E-state index is -0.256. The summed E-state index contributed by atoms with van der Waals surface area (Å²) in [6, 6.07) is 6.17. The van der Waals surface area contributed by atoms with Crippen molar-refractivity contribution >= 4 is 5.91 Å². The van der Waals surface area contributed by atoms with Gasteiger partial charge >= 0.3 is 0 Å². The van der Waals surface area contributed by atoms with Crippen molar-refractivity contribution in [1.82, 2.24) is 10.2 Å². The second kappa shape index (κ2) is 5.92. The van der Waals surface area contributed by atoms with Crippen LogP contribution in [0.1, 0.15) is 39.4 Å². The molecule has 1 aliphatic rings. The molecule has 4 heteroatoms. The number of halogens is 1. The predicted octanol–water partition coefficient (Wildman–Crippen LogP) is 2.94. The van der Waals surface area contributed by atoms with Gasteiger partial charge in [0, 0.05) is 6.54 Å². The van der Waals surface area contributed by atoms with E-state index in [1.807, 2.05) is 11.8 Å². The highest BCUT2D eigenvalue weighted by molar-refractivity contribution is 5.84. The molecular weight excluding hydrogens is 255 g/mol. The lowest BCUT2D eigenvalue weighted by Crippen LogP contribution is -2.35. The van der Waals surface area contributed by atoms with Crippen molar-refractivity contribution in [3.8, 4) is 0 Å². The van der Waals surface area contributed by atoms with Crippen LogP contribution in [-0.4, -0.2) is 23.4 Å². The van der Waals surface area contributed by atoms with Gasteiger partial charge in [-0.2, -0.15) is 0 Å². The van der Waals surface area contributed by atoms with Crippen molar-refractivity contribution in [2.75, 3.05) is 6.54 Å². The molecule has 3 unspecified atom stereocenters. The van der Waals surface area contributed by atoms with Crippen molar-refractivity contribution < 1.29 is 9.18 Å². The quantitative estimate of drug-likeness (QED) is 0.918. The zero-order chi connectivity index (χ0) is 14.9. The smallest absolute Gasteiger partial charge is 0.241 e. The number of amides is 1. The summed E-state index contributed by atoms with van der Waals surface area (Å²) < 4.78 is 13.0. The Kier molecular flexibility index (Phi) is 4.43. The first kappa shape index (κ1) is 15.0. The Hall–Kier alpha value is -1.42. The van der Waals surface area contributed by atoms with Crippen LogP contribution in [-0.2, 0) is 4.79 Å². The Morgan fingerprint density at radius 3 is 2.40 bits per heavy atom. The summed E-state index contributed by atoms with van der Waals surface area (Å²) >= 11 is 0. The molecule has 0 spiro atoms. The van der Waals surface area contributed by atoms with Gasteiger partial charge < -0.3 is 4.90 Å². The molecule has 1 saturated heterocycles. The lowest BCUT2D eigenvalue weighted by atomic mass is 9.97. The maximum atomic E-state index is 13.0. The number of carbonyl (C=O) groups excluding carboxylic acids is 1. The molecule has 3 atom stereocenters. The molecule has 0 bridgehead atoms. The van der Waals surface area contributed by atoms with Gasteiger partial charge in [-0.3, -0.25) is 10.1 Å². The van der Waals surface area contributed by atoms with Gasteiger partial charge in [0.25, 0.3) is 0 Å². The van der Waals surface area contributed by atoms with Gasteiger partial charge in [-0.05, 0) is 36.5 Å². The second-order valence-corrected chi connectivity index (χ2v) is 6.05. The average molecular weight is 278 g/mol. The molecule has 3 nitrogen and oxygen atoms in total. The van der Waals surface area contributed by atoms with Gasteiger partial charge in [0.15, 0.2) is 0 Å². The Morgan fingerprint density at radius 2 is 1.85 bits per heavy atom. The normalized spacial score (nSPS) is 24.5. The first-order valence-corrected chi connectivity index (χ1v) is 7.22. The van der Waals surface area contributed by atoms with Crippen LogP contribution in [0, 0.1) is 17.7 Å². The SMILES string of the molecule is CC1NC(c2ccc(F)cc2)N(CC(C)C(C)C)C1=O. The summed E-state index contributed by atoms with van der Waals surface area (Å²) in [5, 5.41) is 3.29. The Labute approximate surface area is 120 Å². The van der Waals surface area contributed by atoms with E-state index in [-0.39, 0.29) is 23.9 Å². The second-order valence-electron chi connectivity index (χ2n) is 6.05. The Balaban J connectivity index is 2.21. The molecule has 0 saturated carbocycles. The van der Waals surface area contributed by atoms with Crippen molar-refractivity contribution in [3.05, 3.63) is 35.6 Å². The van der Waals surface area contributed by atoms with Crippen LogP contribution < -0.4 is 5.32 Å². The molecule has 110 valence electrons. The van der Waals surface area contributed by atoms with Crippen LogP contribution in [0.25, 0.3) is 0 Å². The van der Waals surface area contributed by atoms with Crippen molar-refractivity contribution in [3.63, 3.8) is 0 Å². The molecule has 2 rings (SSSR count). The summed E-state index contributed by atoms with van der Waals surface area (Å²) in [6.07, 6.45) is -0.153. The maximum absolute atomic E-state index is 13.0. The standard InChI is InChI=1S/C16H23FN2O/c1-10(2)11(3)9-19-15(18-12(4)16(19)20)13-5-7-14(17)8-6-13/h5-8,10-12,15,18H,9H2,1-4H3. The molecular formula is C16H23FN2O. The van der Waals surface area contributed by atoms with Crippen LogP contribution in [0.3, 0.4) is 0 Å². The fourth-order valence-corrected chi connectivity index (χ4v) is 2.41. The zero-order valence-electron chi connectivity index (χ0n) is 12.6. The molecule has 1 aromatic carbocycles. The summed E-state index contributed by atoms with van der Waals surface area (Å²) in [6.45, 7) is 9.07. The van der Waals surface area contributed by atoms with Gasteiger partial charge in [0.1, 0.15) is 12.0 Å². The van der Waals surface area contributed by atoms with Gasteiger partial charge in [0.05, 0.1) is 6.04 Å². The molecule has 1 aliphatic heterocycles. The number of carbonyl (C=O) groups is 1. The van der Waals surface area contributed by atoms with Gasteiger partial charge in [-0.1, -0.05) is 32.9 Å². The van der Waals surface area contributed by atoms with Gasteiger partial charge in [-0.15, -0.1) is 0 Å². The van der Waals surface area contributed by atoms with E-state index in [9.17, 15) is 9.18 Å². The molecule has 0 aromatic heterocycles. The lowest BCUT2D eigenvalue weighted by molar-refractivity contribution is -0.130. The molecule has 1 N–H and O–H groups in total. The van der Waals surface area contributed by atoms with E-state index in [1.165, 1.54) is 12.1 Å². The maximum Gasteiger partial charge on any atom is 0.241 e. The number of hydrogen-bond donors (Lipinski definition) is 1. The van der Waals surface area contributed by atoms with E-state index in [2.05, 4.69) is 26.1 Å². The highest BCUT2D eigenvalue weighted by atomic mass is 19.1. The summed E-state index contributed by atoms with van der Waals surface area (Å²) in [5.74, 6) is 0.807. The highest BCUT2D eigenvalue weighted by Crippen LogP contribution is 2.27. The fraction of sp³-hybridized carbons (Fsp3) is 0.562. The molecule has 1 aromatic rings. The third kappa shape index (κ3) is 3.01. The van der Waals surface area contributed by atoms with Crippen molar-refractivity contribution in [1.29, 1.82) is 0 Å². The number of rotatable bonds is 4. The van der Waals surface area contributed by atoms with Crippen molar-refractivity contribution in [2.45, 2.75) is 39.9 Å². The zero-order valence-corrected chi connectivity index (χ0v) is 12.6. The Bertz CT molecular complexity index is 472. The minimum Gasteiger partial charge on any atom is -0.321 e. The Morgan fingerprint density at radius 1 is 1.25 bits per heavy atom. The molecule has 1 heterocycles. The third-order valence-electron chi connectivity index (χ3n) is 4.18. The fourth-order valence-electron chi connectivity index (χ4n) is 2.41. The van der Waals surface area contributed by atoms with Crippen LogP contribution >= 0.6 is 0 Å². The van der Waals surface area contributed by atoms with E-state index in [0.717, 1.165) is 12.1 Å². The predicted molar refractivity (Wildman–Crippen MR) is 77.5 cm³/mol. The number of nitrogens with zero attached hydrogens (tertiary/aromatic N) is 1. The number of nitrogens with one attached hydrogen (secondary N) is 1. The number of hydrogen-bond acceptors (Lipinski definition) is 2. The molecule has 1 amide bonds. The van der Waals surface area contributed by atoms with Crippen LogP contribution in [0.2, 0.25) is 0 Å². The average Bonchev–Trinajstić information content (AvgIpc) is 2.68.